The summed E-state index contributed by atoms with van der Waals surface area (Å²) in [4.78, 5) is 12.4. The first-order valence-electron chi connectivity index (χ1n) is 8.74. The van der Waals surface area contributed by atoms with E-state index in [0.29, 0.717) is 22.7 Å². The van der Waals surface area contributed by atoms with Crippen molar-refractivity contribution in [3.8, 4) is 17.6 Å². The number of hydrogen-bond acceptors (Lipinski definition) is 5. The van der Waals surface area contributed by atoms with E-state index < -0.39 is 15.9 Å². The Morgan fingerprint density at radius 3 is 2.27 bits per heavy atom. The second-order valence-electron chi connectivity index (χ2n) is 6.18. The van der Waals surface area contributed by atoms with Crippen LogP contribution in [0.5, 0.6) is 11.5 Å². The predicted molar refractivity (Wildman–Crippen MR) is 113 cm³/mol. The highest BCUT2D eigenvalue weighted by atomic mass is 32.2. The minimum absolute atomic E-state index is 0.0771. The predicted octanol–water partition coefficient (Wildman–Crippen LogP) is 3.67. The Kier molecular flexibility index (Phi) is 6.27. The second-order valence-corrected chi connectivity index (χ2v) is 7.74. The number of para-hydroxylation sites is 1. The van der Waals surface area contributed by atoms with Gasteiger partial charge in [-0.15, -0.1) is 0 Å². The first kappa shape index (κ1) is 20.8. The molecule has 7 nitrogen and oxygen atoms in total. The summed E-state index contributed by atoms with van der Waals surface area (Å²) < 4.78 is 28.3. The van der Waals surface area contributed by atoms with E-state index in [4.69, 9.17) is 9.88 Å². The molecule has 0 bridgehead atoms. The van der Waals surface area contributed by atoms with Gasteiger partial charge in [-0.05, 0) is 60.2 Å². The Morgan fingerprint density at radius 2 is 1.63 bits per heavy atom. The summed E-state index contributed by atoms with van der Waals surface area (Å²) in [5.74, 6) is 0.598. The van der Waals surface area contributed by atoms with E-state index in [1.165, 1.54) is 30.3 Å². The van der Waals surface area contributed by atoms with Crippen molar-refractivity contribution in [2.45, 2.75) is 4.90 Å². The highest BCUT2D eigenvalue weighted by Crippen LogP contribution is 2.23. The zero-order chi connectivity index (χ0) is 21.6. The van der Waals surface area contributed by atoms with Crippen LogP contribution in [0.25, 0.3) is 6.08 Å². The van der Waals surface area contributed by atoms with Gasteiger partial charge in [0.1, 0.15) is 23.1 Å². The van der Waals surface area contributed by atoms with Gasteiger partial charge in [0.05, 0.1) is 4.90 Å². The highest BCUT2D eigenvalue weighted by molar-refractivity contribution is 7.89. The van der Waals surface area contributed by atoms with E-state index in [2.05, 4.69) is 5.32 Å². The Hall–Kier alpha value is -3.93. The van der Waals surface area contributed by atoms with Crippen molar-refractivity contribution < 1.29 is 17.9 Å². The number of sulfonamides is 1. The summed E-state index contributed by atoms with van der Waals surface area (Å²) in [6, 6.07) is 23.4. The number of nitrogens with zero attached hydrogens (tertiary/aromatic N) is 1. The van der Waals surface area contributed by atoms with Gasteiger partial charge in [-0.3, -0.25) is 4.79 Å². The maximum Gasteiger partial charge on any atom is 0.266 e. The molecular formula is C22H17N3O4S. The fourth-order valence-corrected chi connectivity index (χ4v) is 3.05. The number of benzene rings is 3. The minimum atomic E-state index is -3.82. The molecule has 0 saturated carbocycles. The first-order valence-corrected chi connectivity index (χ1v) is 10.3. The maximum atomic E-state index is 12.4. The molecule has 3 aromatic carbocycles. The summed E-state index contributed by atoms with van der Waals surface area (Å²) in [7, 11) is -3.82. The van der Waals surface area contributed by atoms with E-state index in [9.17, 15) is 18.5 Å². The van der Waals surface area contributed by atoms with Crippen molar-refractivity contribution in [2.75, 3.05) is 5.32 Å². The van der Waals surface area contributed by atoms with Gasteiger partial charge in [0.15, 0.2) is 0 Å². The molecule has 3 N–H and O–H groups in total. The zero-order valence-electron chi connectivity index (χ0n) is 15.6. The molecule has 150 valence electrons. The van der Waals surface area contributed by atoms with Crippen molar-refractivity contribution in [2.24, 2.45) is 5.14 Å². The van der Waals surface area contributed by atoms with Gasteiger partial charge in [0.25, 0.3) is 5.91 Å². The fourth-order valence-electron chi connectivity index (χ4n) is 2.53. The molecule has 0 aromatic heterocycles. The molecule has 1 amide bonds. The van der Waals surface area contributed by atoms with Crippen LogP contribution in [0, 0.1) is 11.3 Å². The third-order valence-electron chi connectivity index (χ3n) is 3.95. The Labute approximate surface area is 174 Å². The quantitative estimate of drug-likeness (QED) is 0.466. The number of ether oxygens (including phenoxy) is 1. The van der Waals surface area contributed by atoms with E-state index in [1.54, 1.807) is 24.3 Å². The minimum Gasteiger partial charge on any atom is -0.457 e. The van der Waals surface area contributed by atoms with Crippen LogP contribution in [0.15, 0.2) is 89.3 Å². The van der Waals surface area contributed by atoms with Gasteiger partial charge >= 0.3 is 0 Å². The average molecular weight is 419 g/mol. The standard InChI is InChI=1S/C22H17N3O4S/c23-15-17(22(26)25-18-9-11-21(12-10-18)30(24,27)28)13-16-5-4-8-20(14-16)29-19-6-2-1-3-7-19/h1-14H,(H,25,26)(H2,24,27,28)/b17-13-. The normalized spacial score (nSPS) is 11.4. The second kappa shape index (κ2) is 9.05. The van der Waals surface area contributed by atoms with Gasteiger partial charge < -0.3 is 10.1 Å². The lowest BCUT2D eigenvalue weighted by molar-refractivity contribution is -0.112. The van der Waals surface area contributed by atoms with E-state index in [-0.39, 0.29) is 10.5 Å². The van der Waals surface area contributed by atoms with Crippen LogP contribution in [0.1, 0.15) is 5.56 Å². The molecule has 0 heterocycles. The molecule has 0 aliphatic carbocycles. The fraction of sp³-hybridized carbons (Fsp3) is 0. The van der Waals surface area contributed by atoms with Crippen LogP contribution in [0.4, 0.5) is 5.69 Å². The molecule has 8 heteroatoms. The number of carbonyl (C=O) groups excluding carboxylic acids is 1. The van der Waals surface area contributed by atoms with Crippen LogP contribution in [-0.2, 0) is 14.8 Å². The maximum absolute atomic E-state index is 12.4. The Morgan fingerprint density at radius 1 is 0.967 bits per heavy atom. The molecule has 0 fully saturated rings. The SMILES string of the molecule is N#C/C(=C/c1cccc(Oc2ccccc2)c1)C(=O)Nc1ccc(S(N)(=O)=O)cc1. The van der Waals surface area contributed by atoms with Crippen LogP contribution >= 0.6 is 0 Å². The van der Waals surface area contributed by atoms with Crippen LogP contribution < -0.4 is 15.2 Å². The van der Waals surface area contributed by atoms with Gasteiger partial charge in [0.2, 0.25) is 10.0 Å². The lowest BCUT2D eigenvalue weighted by Crippen LogP contribution is -2.14. The molecular weight excluding hydrogens is 402 g/mol. The summed E-state index contributed by atoms with van der Waals surface area (Å²) in [5.41, 5.74) is 0.816. The number of nitriles is 1. The molecule has 3 aromatic rings. The lowest BCUT2D eigenvalue weighted by atomic mass is 10.1. The van der Waals surface area contributed by atoms with Gasteiger partial charge in [0, 0.05) is 5.69 Å². The van der Waals surface area contributed by atoms with Gasteiger partial charge in [-0.1, -0.05) is 30.3 Å². The smallest absolute Gasteiger partial charge is 0.266 e. The third kappa shape index (κ3) is 5.54. The van der Waals surface area contributed by atoms with E-state index in [1.807, 2.05) is 36.4 Å². The molecule has 0 spiro atoms. The number of nitrogens with one attached hydrogen (secondary N) is 1. The number of carbonyl (C=O) groups is 1. The van der Waals surface area contributed by atoms with Crippen molar-refractivity contribution >= 4 is 27.7 Å². The summed E-state index contributed by atoms with van der Waals surface area (Å²) >= 11 is 0. The monoisotopic (exact) mass is 419 g/mol. The average Bonchev–Trinajstić information content (AvgIpc) is 2.72. The van der Waals surface area contributed by atoms with Crippen molar-refractivity contribution in [1.82, 2.24) is 0 Å². The number of rotatable bonds is 6. The number of anilines is 1. The summed E-state index contributed by atoms with van der Waals surface area (Å²) in [6.07, 6.45) is 1.44. The number of primary sulfonamides is 1. The topological polar surface area (TPSA) is 122 Å². The van der Waals surface area contributed by atoms with Gasteiger partial charge in [-0.2, -0.15) is 5.26 Å². The molecule has 0 aliphatic heterocycles. The highest BCUT2D eigenvalue weighted by Gasteiger charge is 2.12. The van der Waals surface area contributed by atoms with E-state index in [0.717, 1.165) is 0 Å². The number of hydrogen-bond donors (Lipinski definition) is 2. The Balaban J connectivity index is 1.76. The number of nitrogens with two attached hydrogens (primary N) is 1. The molecule has 0 atom stereocenters. The summed E-state index contributed by atoms with van der Waals surface area (Å²) in [5, 5.41) is 17.0. The molecule has 3 rings (SSSR count). The lowest BCUT2D eigenvalue weighted by Gasteiger charge is -2.07. The van der Waals surface area contributed by atoms with Crippen molar-refractivity contribution in [3.05, 3.63) is 90.0 Å². The summed E-state index contributed by atoms with van der Waals surface area (Å²) in [6.45, 7) is 0. The van der Waals surface area contributed by atoms with E-state index >= 15 is 0 Å². The largest absolute Gasteiger partial charge is 0.457 e. The number of amides is 1. The molecule has 0 radical (unpaired) electrons. The molecule has 0 unspecified atom stereocenters. The molecule has 0 aliphatic rings. The third-order valence-corrected chi connectivity index (χ3v) is 4.88. The molecule has 0 saturated heterocycles. The van der Waals surface area contributed by atoms with Crippen LogP contribution in [0.3, 0.4) is 0 Å². The Bertz CT molecular complexity index is 1230. The van der Waals surface area contributed by atoms with Crippen LogP contribution in [0.2, 0.25) is 0 Å². The van der Waals surface area contributed by atoms with Crippen molar-refractivity contribution in [3.63, 3.8) is 0 Å². The molecule has 30 heavy (non-hydrogen) atoms. The zero-order valence-corrected chi connectivity index (χ0v) is 16.5. The first-order chi connectivity index (χ1) is 14.3. The van der Waals surface area contributed by atoms with Crippen molar-refractivity contribution in [1.29, 1.82) is 5.26 Å². The van der Waals surface area contributed by atoms with Crippen LogP contribution in [-0.4, -0.2) is 14.3 Å². The van der Waals surface area contributed by atoms with Gasteiger partial charge in [-0.25, -0.2) is 13.6 Å².